The number of benzene rings is 7. The topological polar surface area (TPSA) is 35.1 Å². The molecule has 0 aliphatic carbocycles. The van der Waals surface area contributed by atoms with Crippen molar-refractivity contribution in [3.8, 4) is 17.2 Å². The second-order valence-corrected chi connectivity index (χ2v) is 12.1. The zero-order valence-corrected chi connectivity index (χ0v) is 24.6. The van der Waals surface area contributed by atoms with E-state index in [0.717, 1.165) is 71.0 Å². The van der Waals surface area contributed by atoms with Crippen molar-refractivity contribution in [3.05, 3.63) is 146 Å². The Hall–Kier alpha value is -6.26. The molecule has 0 aliphatic rings. The van der Waals surface area contributed by atoms with Gasteiger partial charge in [0, 0.05) is 43.3 Å². The fourth-order valence-corrected chi connectivity index (χ4v) is 7.88. The third-order valence-electron chi connectivity index (χ3n) is 9.76. The summed E-state index contributed by atoms with van der Waals surface area (Å²) in [5.74, 6) is 0.562. The highest BCUT2D eigenvalue weighted by atomic mass is 15.2. The second-order valence-electron chi connectivity index (χ2n) is 12.1. The summed E-state index contributed by atoms with van der Waals surface area (Å²) in [7, 11) is 0. The summed E-state index contributed by atoms with van der Waals surface area (Å²) in [6, 6.07) is 49.3. The molecule has 7 aromatic carbocycles. The quantitative estimate of drug-likeness (QED) is 0.189. The summed E-state index contributed by atoms with van der Waals surface area (Å²) in [5, 5.41) is 10.1. The standard InChI is InChI=1S/C42H24N4/c1-2-12-26(13-3-1)39-32-24-23-25-11-4-5-14-27(25)40(32)44-42(43-39)46-34-20-9-16-29-31-18-8-17-30-28-15-6-7-19-33(28)45(41(30)31)35-21-10-22-36(46)38(35)37(29)34/h1-24H/i20D. The third kappa shape index (κ3) is 2.98. The minimum Gasteiger partial charge on any atom is -0.308 e. The number of fused-ring (bicyclic) bond motifs is 8. The van der Waals surface area contributed by atoms with Gasteiger partial charge in [0.25, 0.3) is 0 Å². The Balaban J connectivity index is 1.40. The van der Waals surface area contributed by atoms with Gasteiger partial charge in [0.2, 0.25) is 5.95 Å². The molecular weight excluding hydrogens is 560 g/mol. The fraction of sp³-hybridized carbons (Fsp3) is 0. The van der Waals surface area contributed by atoms with E-state index in [1.807, 2.05) is 12.1 Å². The summed E-state index contributed by atoms with van der Waals surface area (Å²) < 4.78 is 13.9. The molecule has 11 rings (SSSR count). The third-order valence-corrected chi connectivity index (χ3v) is 9.76. The van der Waals surface area contributed by atoms with Gasteiger partial charge in [0.15, 0.2) is 0 Å². The Morgan fingerprint density at radius 2 is 1.15 bits per heavy atom. The van der Waals surface area contributed by atoms with E-state index in [2.05, 4.69) is 136 Å². The Labute approximate surface area is 264 Å². The van der Waals surface area contributed by atoms with E-state index in [-0.39, 0.29) is 0 Å². The summed E-state index contributed by atoms with van der Waals surface area (Å²) in [5.41, 5.74) is 8.07. The van der Waals surface area contributed by atoms with E-state index in [9.17, 15) is 1.37 Å². The average Bonchev–Trinajstić information content (AvgIpc) is 3.62. The van der Waals surface area contributed by atoms with Crippen LogP contribution in [-0.4, -0.2) is 18.9 Å². The molecule has 4 heterocycles. The SMILES string of the molecule is [2H]c1ccc2c3cccc4c5ccccc5n(c5cccc6c5c2c1n6-c1nc(-c2ccccc2)c2ccc5ccccc5c2n1)c34. The molecule has 46 heavy (non-hydrogen) atoms. The first-order chi connectivity index (χ1) is 23.3. The van der Waals surface area contributed by atoms with Crippen LogP contribution < -0.4 is 0 Å². The van der Waals surface area contributed by atoms with Gasteiger partial charge in [-0.05, 0) is 41.1 Å². The molecule has 4 aromatic heterocycles. The van der Waals surface area contributed by atoms with E-state index in [1.54, 1.807) is 0 Å². The van der Waals surface area contributed by atoms with Crippen molar-refractivity contribution < 1.29 is 1.37 Å². The lowest BCUT2D eigenvalue weighted by Crippen LogP contribution is -2.04. The van der Waals surface area contributed by atoms with E-state index < -0.39 is 0 Å². The van der Waals surface area contributed by atoms with Crippen molar-refractivity contribution in [1.82, 2.24) is 18.9 Å². The van der Waals surface area contributed by atoms with Crippen LogP contribution in [0.2, 0.25) is 0 Å². The molecule has 0 spiro atoms. The lowest BCUT2D eigenvalue weighted by atomic mass is 10.0. The van der Waals surface area contributed by atoms with E-state index >= 15 is 0 Å². The van der Waals surface area contributed by atoms with Crippen molar-refractivity contribution in [1.29, 1.82) is 0 Å². The van der Waals surface area contributed by atoms with Gasteiger partial charge in [-0.3, -0.25) is 4.57 Å². The molecule has 0 unspecified atom stereocenters. The second kappa shape index (κ2) is 8.68. The predicted molar refractivity (Wildman–Crippen MR) is 191 cm³/mol. The van der Waals surface area contributed by atoms with Gasteiger partial charge < -0.3 is 4.40 Å². The van der Waals surface area contributed by atoms with Crippen LogP contribution in [0.4, 0.5) is 0 Å². The van der Waals surface area contributed by atoms with Gasteiger partial charge in [-0.15, -0.1) is 0 Å². The molecule has 0 aliphatic heterocycles. The lowest BCUT2D eigenvalue weighted by molar-refractivity contribution is 1.02. The highest BCUT2D eigenvalue weighted by Gasteiger charge is 2.23. The van der Waals surface area contributed by atoms with Gasteiger partial charge in [-0.1, -0.05) is 115 Å². The van der Waals surface area contributed by atoms with Crippen LogP contribution in [0.3, 0.4) is 0 Å². The van der Waals surface area contributed by atoms with Crippen LogP contribution in [0.15, 0.2) is 146 Å². The van der Waals surface area contributed by atoms with Crippen LogP contribution in [0.1, 0.15) is 1.37 Å². The first kappa shape index (κ1) is 23.2. The van der Waals surface area contributed by atoms with Crippen LogP contribution in [0.25, 0.3) is 98.8 Å². The zero-order chi connectivity index (χ0) is 30.8. The maximum Gasteiger partial charge on any atom is 0.235 e. The van der Waals surface area contributed by atoms with Crippen molar-refractivity contribution in [3.63, 3.8) is 0 Å². The molecule has 0 amide bonds. The number of hydrogen-bond acceptors (Lipinski definition) is 2. The maximum absolute atomic E-state index is 9.38. The molecule has 212 valence electrons. The molecular formula is C42H24N4. The summed E-state index contributed by atoms with van der Waals surface area (Å²) in [6.45, 7) is 0. The van der Waals surface area contributed by atoms with Gasteiger partial charge >= 0.3 is 0 Å². The first-order valence-corrected chi connectivity index (χ1v) is 15.6. The van der Waals surface area contributed by atoms with E-state index in [4.69, 9.17) is 9.97 Å². The Morgan fingerprint density at radius 1 is 0.457 bits per heavy atom. The molecule has 0 saturated carbocycles. The summed E-state index contributed by atoms with van der Waals surface area (Å²) in [4.78, 5) is 10.7. The van der Waals surface area contributed by atoms with Crippen molar-refractivity contribution in [2.45, 2.75) is 0 Å². The lowest BCUT2D eigenvalue weighted by Gasteiger charge is -2.13. The van der Waals surface area contributed by atoms with Crippen LogP contribution >= 0.6 is 0 Å². The molecule has 4 nitrogen and oxygen atoms in total. The largest absolute Gasteiger partial charge is 0.308 e. The van der Waals surface area contributed by atoms with Gasteiger partial charge in [-0.2, -0.15) is 0 Å². The number of rotatable bonds is 2. The van der Waals surface area contributed by atoms with Crippen molar-refractivity contribution >= 4 is 81.6 Å². The highest BCUT2D eigenvalue weighted by Crippen LogP contribution is 2.44. The molecule has 0 atom stereocenters. The van der Waals surface area contributed by atoms with Crippen LogP contribution in [0.5, 0.6) is 0 Å². The molecule has 0 radical (unpaired) electrons. The summed E-state index contributed by atoms with van der Waals surface area (Å²) >= 11 is 0. The van der Waals surface area contributed by atoms with Crippen LogP contribution in [0, 0.1) is 0 Å². The fourth-order valence-electron chi connectivity index (χ4n) is 7.88. The monoisotopic (exact) mass is 585 g/mol. The Morgan fingerprint density at radius 3 is 2.07 bits per heavy atom. The Bertz CT molecular complexity index is 3080. The minimum absolute atomic E-state index is 0.442. The smallest absolute Gasteiger partial charge is 0.235 e. The number of nitrogens with zero attached hydrogens (tertiary/aromatic N) is 4. The highest BCUT2D eigenvalue weighted by molar-refractivity contribution is 6.31. The number of aromatic nitrogens is 4. The molecule has 4 heteroatoms. The van der Waals surface area contributed by atoms with Gasteiger partial charge in [0.05, 0.1) is 40.2 Å². The Kier molecular flexibility index (Phi) is 4.37. The summed E-state index contributed by atoms with van der Waals surface area (Å²) in [6.07, 6.45) is 0. The maximum atomic E-state index is 9.38. The molecule has 0 bridgehead atoms. The number of hydrogen-bond donors (Lipinski definition) is 0. The normalized spacial score (nSPS) is 12.7. The minimum atomic E-state index is 0.442. The van der Waals surface area contributed by atoms with Gasteiger partial charge in [-0.25, -0.2) is 9.97 Å². The first-order valence-electron chi connectivity index (χ1n) is 16.1. The van der Waals surface area contributed by atoms with Crippen molar-refractivity contribution in [2.75, 3.05) is 0 Å². The molecule has 0 N–H and O–H groups in total. The molecule has 11 aromatic rings. The van der Waals surface area contributed by atoms with E-state index in [1.165, 1.54) is 21.8 Å². The van der Waals surface area contributed by atoms with Gasteiger partial charge in [0.1, 0.15) is 0 Å². The van der Waals surface area contributed by atoms with E-state index in [0.29, 0.717) is 12.0 Å². The average molecular weight is 586 g/mol. The predicted octanol–water partition coefficient (Wildman–Crippen LogP) is 10.7. The number of para-hydroxylation sites is 2. The molecule has 0 saturated heterocycles. The molecule has 0 fully saturated rings. The van der Waals surface area contributed by atoms with Crippen molar-refractivity contribution in [2.24, 2.45) is 0 Å². The van der Waals surface area contributed by atoms with Crippen LogP contribution in [-0.2, 0) is 0 Å². The zero-order valence-electron chi connectivity index (χ0n) is 25.6.